The Bertz CT molecular complexity index is 213. The van der Waals surface area contributed by atoms with E-state index in [0.29, 0.717) is 19.6 Å². The highest BCUT2D eigenvalue weighted by atomic mass is 16.5. The average molecular weight is 200 g/mol. The number of nitrogens with two attached hydrogens (primary N) is 1. The van der Waals surface area contributed by atoms with Gasteiger partial charge in [-0.15, -0.1) is 0 Å². The van der Waals surface area contributed by atoms with Gasteiger partial charge >= 0.3 is 0 Å². The summed E-state index contributed by atoms with van der Waals surface area (Å²) in [6, 6.07) is 0. The molecule has 0 bridgehead atoms. The molecule has 0 amide bonds. The lowest BCUT2D eigenvalue weighted by Crippen LogP contribution is -2.41. The molecule has 0 unspecified atom stereocenters. The number of nitrogens with zero attached hydrogens (tertiary/aromatic N) is 3. The predicted molar refractivity (Wildman–Crippen MR) is 56.9 cm³/mol. The monoisotopic (exact) mass is 200 g/mol. The largest absolute Gasteiger partial charge is 0.374 e. The third kappa shape index (κ3) is 7.86. The fraction of sp³-hybridized carbons (Fsp3) is 1.00. The van der Waals surface area contributed by atoms with Crippen LogP contribution in [0.4, 0.5) is 0 Å². The van der Waals surface area contributed by atoms with Gasteiger partial charge in [0, 0.05) is 17.0 Å². The van der Waals surface area contributed by atoms with E-state index in [1.54, 1.807) is 0 Å². The van der Waals surface area contributed by atoms with E-state index in [1.807, 2.05) is 27.7 Å². The quantitative estimate of drug-likeness (QED) is 0.405. The molecule has 0 aliphatic carbocycles. The van der Waals surface area contributed by atoms with Gasteiger partial charge in [-0.25, -0.2) is 0 Å². The van der Waals surface area contributed by atoms with Crippen LogP contribution in [0.2, 0.25) is 0 Å². The maximum atomic E-state index is 8.12. The Balaban J connectivity index is 3.88. The van der Waals surface area contributed by atoms with Gasteiger partial charge in [-0.2, -0.15) is 0 Å². The van der Waals surface area contributed by atoms with Crippen molar-refractivity contribution in [3.05, 3.63) is 10.4 Å². The van der Waals surface area contributed by atoms with E-state index in [4.69, 9.17) is 16.0 Å². The van der Waals surface area contributed by atoms with Gasteiger partial charge in [0.1, 0.15) is 0 Å². The van der Waals surface area contributed by atoms with Crippen LogP contribution in [0.15, 0.2) is 5.11 Å². The first kappa shape index (κ1) is 13.2. The minimum atomic E-state index is -0.324. The maximum Gasteiger partial charge on any atom is 0.0648 e. The van der Waals surface area contributed by atoms with Gasteiger partial charge in [-0.1, -0.05) is 5.11 Å². The summed E-state index contributed by atoms with van der Waals surface area (Å²) in [6.07, 6.45) is 0.702. The molecule has 82 valence electrons. The van der Waals surface area contributed by atoms with E-state index < -0.39 is 0 Å². The van der Waals surface area contributed by atoms with Crippen molar-refractivity contribution >= 4 is 0 Å². The molecule has 5 nitrogen and oxygen atoms in total. The lowest BCUT2D eigenvalue weighted by molar-refractivity contribution is -0.0397. The Labute approximate surface area is 85.2 Å². The second-order valence-electron chi connectivity index (χ2n) is 4.74. The van der Waals surface area contributed by atoms with Crippen molar-refractivity contribution in [2.75, 3.05) is 13.2 Å². The second kappa shape index (κ2) is 5.20. The summed E-state index contributed by atoms with van der Waals surface area (Å²) in [6.45, 7) is 8.70. The minimum absolute atomic E-state index is 0.287. The summed E-state index contributed by atoms with van der Waals surface area (Å²) in [5.74, 6) is 0. The SMILES string of the molecule is CC(C)(N)COC(C)(C)CCN=[N+]=[N-]. The van der Waals surface area contributed by atoms with Crippen LogP contribution < -0.4 is 5.73 Å². The second-order valence-corrected chi connectivity index (χ2v) is 4.74. The summed E-state index contributed by atoms with van der Waals surface area (Å²) < 4.78 is 5.63. The van der Waals surface area contributed by atoms with E-state index in [9.17, 15) is 0 Å². The van der Waals surface area contributed by atoms with Crippen LogP contribution in [-0.2, 0) is 4.74 Å². The fourth-order valence-corrected chi connectivity index (χ4v) is 0.818. The molecule has 2 N–H and O–H groups in total. The van der Waals surface area contributed by atoms with Crippen LogP contribution in [0.1, 0.15) is 34.1 Å². The van der Waals surface area contributed by atoms with Crippen molar-refractivity contribution in [1.82, 2.24) is 0 Å². The minimum Gasteiger partial charge on any atom is -0.374 e. The van der Waals surface area contributed by atoms with Gasteiger partial charge in [-0.05, 0) is 39.6 Å². The highest BCUT2D eigenvalue weighted by molar-refractivity contribution is 4.76. The lowest BCUT2D eigenvalue weighted by Gasteiger charge is -2.29. The third-order valence-electron chi connectivity index (χ3n) is 1.71. The summed E-state index contributed by atoms with van der Waals surface area (Å²) in [4.78, 5) is 2.69. The smallest absolute Gasteiger partial charge is 0.0648 e. The summed E-state index contributed by atoms with van der Waals surface area (Å²) >= 11 is 0. The van der Waals surface area contributed by atoms with Crippen LogP contribution >= 0.6 is 0 Å². The molecular formula is C9H20N4O. The Morgan fingerprint density at radius 1 is 1.36 bits per heavy atom. The highest BCUT2D eigenvalue weighted by Gasteiger charge is 2.21. The molecule has 0 rings (SSSR count). The van der Waals surface area contributed by atoms with E-state index in [2.05, 4.69) is 10.0 Å². The number of azide groups is 1. The zero-order valence-corrected chi connectivity index (χ0v) is 9.45. The van der Waals surface area contributed by atoms with Gasteiger partial charge in [0.25, 0.3) is 0 Å². The molecule has 0 aromatic carbocycles. The number of rotatable bonds is 6. The first-order valence-electron chi connectivity index (χ1n) is 4.70. The molecule has 0 heterocycles. The van der Waals surface area contributed by atoms with Gasteiger partial charge < -0.3 is 10.5 Å². The molecule has 0 aromatic heterocycles. The van der Waals surface area contributed by atoms with Crippen molar-refractivity contribution in [3.8, 4) is 0 Å². The van der Waals surface area contributed by atoms with Crippen LogP contribution in [0, 0.1) is 0 Å². The average Bonchev–Trinajstić information content (AvgIpc) is 2.00. The molecule has 0 aliphatic rings. The van der Waals surface area contributed by atoms with E-state index >= 15 is 0 Å². The standard InChI is InChI=1S/C9H20N4O/c1-8(2,10)7-14-9(3,4)5-6-12-13-11/h5-7,10H2,1-4H3. The third-order valence-corrected chi connectivity index (χ3v) is 1.71. The summed E-state index contributed by atoms with van der Waals surface area (Å²) in [5, 5.41) is 3.47. The Morgan fingerprint density at radius 2 is 1.93 bits per heavy atom. The number of ether oxygens (including phenoxy) is 1. The summed E-state index contributed by atoms with van der Waals surface area (Å²) in [5.41, 5.74) is 13.3. The Hall–Kier alpha value is -0.770. The molecule has 0 saturated carbocycles. The van der Waals surface area contributed by atoms with Gasteiger partial charge in [-0.3, -0.25) is 0 Å². The van der Waals surface area contributed by atoms with E-state index in [0.717, 1.165) is 0 Å². The normalized spacial score (nSPS) is 12.4. The summed E-state index contributed by atoms with van der Waals surface area (Å²) in [7, 11) is 0. The topological polar surface area (TPSA) is 84.0 Å². The van der Waals surface area contributed by atoms with Crippen LogP contribution in [0.3, 0.4) is 0 Å². The van der Waals surface area contributed by atoms with Gasteiger partial charge in [0.05, 0.1) is 12.2 Å². The zero-order chi connectivity index (χ0) is 11.2. The molecule has 0 atom stereocenters. The van der Waals surface area contributed by atoms with Crippen molar-refractivity contribution in [2.45, 2.75) is 45.3 Å². The van der Waals surface area contributed by atoms with Crippen LogP contribution in [-0.4, -0.2) is 24.3 Å². The molecule has 0 fully saturated rings. The van der Waals surface area contributed by atoms with Crippen LogP contribution in [0.5, 0.6) is 0 Å². The molecule has 0 spiro atoms. The lowest BCUT2D eigenvalue weighted by atomic mass is 10.0. The zero-order valence-electron chi connectivity index (χ0n) is 9.45. The van der Waals surface area contributed by atoms with E-state index in [1.165, 1.54) is 0 Å². The molecule has 5 heteroatoms. The molecule has 0 radical (unpaired) electrons. The van der Waals surface area contributed by atoms with Crippen molar-refractivity contribution in [1.29, 1.82) is 0 Å². The fourth-order valence-electron chi connectivity index (χ4n) is 0.818. The molecule has 14 heavy (non-hydrogen) atoms. The van der Waals surface area contributed by atoms with Gasteiger partial charge in [0.15, 0.2) is 0 Å². The molecule has 0 saturated heterocycles. The number of hydrogen-bond donors (Lipinski definition) is 1. The molecule has 0 aliphatic heterocycles. The van der Waals surface area contributed by atoms with Gasteiger partial charge in [0.2, 0.25) is 0 Å². The highest BCUT2D eigenvalue weighted by Crippen LogP contribution is 2.16. The maximum absolute atomic E-state index is 8.12. The van der Waals surface area contributed by atoms with Crippen molar-refractivity contribution < 1.29 is 4.74 Å². The Morgan fingerprint density at radius 3 is 2.36 bits per heavy atom. The predicted octanol–water partition coefficient (Wildman–Crippen LogP) is 2.22. The Kier molecular flexibility index (Phi) is 4.91. The first-order chi connectivity index (χ1) is 6.27. The van der Waals surface area contributed by atoms with Crippen LogP contribution in [0.25, 0.3) is 10.4 Å². The molecular weight excluding hydrogens is 180 g/mol. The van der Waals surface area contributed by atoms with Crippen molar-refractivity contribution in [2.24, 2.45) is 10.8 Å². The van der Waals surface area contributed by atoms with Crippen molar-refractivity contribution in [3.63, 3.8) is 0 Å². The molecule has 0 aromatic rings. The number of hydrogen-bond acceptors (Lipinski definition) is 3. The van der Waals surface area contributed by atoms with E-state index in [-0.39, 0.29) is 11.1 Å². The first-order valence-corrected chi connectivity index (χ1v) is 4.70.